The lowest BCUT2D eigenvalue weighted by atomic mass is 9.95. The summed E-state index contributed by atoms with van der Waals surface area (Å²) in [6.45, 7) is 8.93. The summed E-state index contributed by atoms with van der Waals surface area (Å²) in [7, 11) is 4.08. The highest BCUT2D eigenvalue weighted by Gasteiger charge is 2.11. The number of hydrogen-bond acceptors (Lipinski definition) is 2. The highest BCUT2D eigenvalue weighted by Crippen LogP contribution is 2.24. The van der Waals surface area contributed by atoms with E-state index in [4.69, 9.17) is 4.98 Å². The molecule has 0 saturated carbocycles. The van der Waals surface area contributed by atoms with Crippen LogP contribution in [0.5, 0.6) is 0 Å². The summed E-state index contributed by atoms with van der Waals surface area (Å²) in [5.74, 6) is 2.32. The molecule has 1 aromatic rings. The third-order valence-corrected chi connectivity index (χ3v) is 2.76. The van der Waals surface area contributed by atoms with Crippen molar-refractivity contribution in [3.63, 3.8) is 0 Å². The van der Waals surface area contributed by atoms with Gasteiger partial charge >= 0.3 is 0 Å². The molecule has 1 heterocycles. The summed E-state index contributed by atoms with van der Waals surface area (Å²) in [5, 5.41) is 0. The van der Waals surface area contributed by atoms with E-state index >= 15 is 0 Å². The Bertz CT molecular complexity index is 343. The van der Waals surface area contributed by atoms with Crippen LogP contribution in [0.2, 0.25) is 0 Å². The van der Waals surface area contributed by atoms with E-state index in [0.717, 1.165) is 11.7 Å². The molecule has 0 bridgehead atoms. The average Bonchev–Trinajstić information content (AvgIpc) is 2.15. The summed E-state index contributed by atoms with van der Waals surface area (Å²) >= 11 is 0. The quantitative estimate of drug-likeness (QED) is 0.770. The van der Waals surface area contributed by atoms with Gasteiger partial charge in [-0.15, -0.1) is 0 Å². The molecule has 0 N–H and O–H groups in total. The van der Waals surface area contributed by atoms with Crippen molar-refractivity contribution in [3.05, 3.63) is 23.4 Å². The molecule has 0 amide bonds. The lowest BCUT2D eigenvalue weighted by Crippen LogP contribution is -2.13. The van der Waals surface area contributed by atoms with E-state index in [1.165, 1.54) is 17.7 Å². The van der Waals surface area contributed by atoms with E-state index in [-0.39, 0.29) is 0 Å². The third-order valence-electron chi connectivity index (χ3n) is 2.76. The van der Waals surface area contributed by atoms with Crippen molar-refractivity contribution in [2.45, 2.75) is 40.0 Å². The van der Waals surface area contributed by atoms with Crippen molar-refractivity contribution < 1.29 is 0 Å². The molecule has 0 aromatic carbocycles. The van der Waals surface area contributed by atoms with E-state index < -0.39 is 0 Å². The van der Waals surface area contributed by atoms with Gasteiger partial charge in [0.25, 0.3) is 0 Å². The van der Waals surface area contributed by atoms with Crippen molar-refractivity contribution in [2.75, 3.05) is 19.0 Å². The number of nitrogens with zero attached hydrogens (tertiary/aromatic N) is 2. The van der Waals surface area contributed by atoms with Crippen LogP contribution in [0.15, 0.2) is 12.1 Å². The van der Waals surface area contributed by atoms with Gasteiger partial charge in [-0.05, 0) is 42.9 Å². The number of aromatic nitrogens is 1. The van der Waals surface area contributed by atoms with Crippen LogP contribution in [0.1, 0.15) is 44.4 Å². The first-order valence-corrected chi connectivity index (χ1v) is 6.06. The van der Waals surface area contributed by atoms with Gasteiger partial charge < -0.3 is 4.90 Å². The first-order chi connectivity index (χ1) is 7.40. The maximum Gasteiger partial charge on any atom is 0.128 e. The van der Waals surface area contributed by atoms with Gasteiger partial charge in [-0.3, -0.25) is 0 Å². The first kappa shape index (κ1) is 13.0. The van der Waals surface area contributed by atoms with E-state index in [9.17, 15) is 0 Å². The molecule has 0 saturated heterocycles. The minimum absolute atomic E-state index is 0.540. The monoisotopic (exact) mass is 220 g/mol. The van der Waals surface area contributed by atoms with Gasteiger partial charge in [-0.2, -0.15) is 0 Å². The van der Waals surface area contributed by atoms with Gasteiger partial charge in [0.1, 0.15) is 5.82 Å². The highest BCUT2D eigenvalue weighted by atomic mass is 15.1. The number of rotatable bonds is 4. The fourth-order valence-electron chi connectivity index (χ4n) is 1.98. The van der Waals surface area contributed by atoms with Crippen LogP contribution in [-0.2, 0) is 0 Å². The number of pyridine rings is 1. The van der Waals surface area contributed by atoms with Crippen LogP contribution in [0.25, 0.3) is 0 Å². The topological polar surface area (TPSA) is 16.1 Å². The minimum Gasteiger partial charge on any atom is -0.363 e. The fourth-order valence-corrected chi connectivity index (χ4v) is 1.98. The zero-order valence-corrected chi connectivity index (χ0v) is 11.4. The van der Waals surface area contributed by atoms with Crippen LogP contribution in [0, 0.1) is 12.8 Å². The molecular weight excluding hydrogens is 196 g/mol. The third kappa shape index (κ3) is 3.51. The van der Waals surface area contributed by atoms with Gasteiger partial charge in [-0.1, -0.05) is 20.8 Å². The molecule has 16 heavy (non-hydrogen) atoms. The Morgan fingerprint density at radius 2 is 1.81 bits per heavy atom. The highest BCUT2D eigenvalue weighted by molar-refractivity contribution is 5.41. The summed E-state index contributed by atoms with van der Waals surface area (Å²) < 4.78 is 0. The minimum atomic E-state index is 0.540. The molecular formula is C14H24N2. The van der Waals surface area contributed by atoms with Crippen LogP contribution >= 0.6 is 0 Å². The Morgan fingerprint density at radius 3 is 2.31 bits per heavy atom. The first-order valence-electron chi connectivity index (χ1n) is 6.06. The van der Waals surface area contributed by atoms with Gasteiger partial charge in [0, 0.05) is 19.8 Å². The molecule has 1 rings (SSSR count). The average molecular weight is 220 g/mol. The molecule has 0 aliphatic carbocycles. The summed E-state index contributed by atoms with van der Waals surface area (Å²) in [6.07, 6.45) is 1.20. The standard InChI is InChI=1S/C14H24N2/c1-10(2)7-12(4)13-8-11(3)9-14(15-13)16(5)6/h8-10,12H,7H2,1-6H3. The van der Waals surface area contributed by atoms with E-state index in [2.05, 4.69) is 44.7 Å². The second kappa shape index (κ2) is 5.33. The Labute approximate surface area is 99.7 Å². The summed E-state index contributed by atoms with van der Waals surface area (Å²) in [6, 6.07) is 4.34. The van der Waals surface area contributed by atoms with Crippen molar-refractivity contribution in [1.82, 2.24) is 4.98 Å². The van der Waals surface area contributed by atoms with Crippen molar-refractivity contribution in [2.24, 2.45) is 5.92 Å². The smallest absolute Gasteiger partial charge is 0.128 e. The molecule has 2 heteroatoms. The normalized spacial score (nSPS) is 12.9. The molecule has 0 spiro atoms. The van der Waals surface area contributed by atoms with Crippen LogP contribution in [0.4, 0.5) is 5.82 Å². The molecule has 0 aliphatic rings. The van der Waals surface area contributed by atoms with Gasteiger partial charge in [0.2, 0.25) is 0 Å². The van der Waals surface area contributed by atoms with E-state index in [1.54, 1.807) is 0 Å². The van der Waals surface area contributed by atoms with Crippen molar-refractivity contribution in [3.8, 4) is 0 Å². The SMILES string of the molecule is Cc1cc(C(C)CC(C)C)nc(N(C)C)c1. The van der Waals surface area contributed by atoms with Crippen LogP contribution in [0.3, 0.4) is 0 Å². The zero-order valence-electron chi connectivity index (χ0n) is 11.4. The van der Waals surface area contributed by atoms with Crippen molar-refractivity contribution >= 4 is 5.82 Å². The lowest BCUT2D eigenvalue weighted by molar-refractivity contribution is 0.516. The summed E-state index contributed by atoms with van der Waals surface area (Å²) in [4.78, 5) is 6.78. The van der Waals surface area contributed by atoms with Gasteiger partial charge in [0.05, 0.1) is 0 Å². The zero-order chi connectivity index (χ0) is 12.3. The van der Waals surface area contributed by atoms with Crippen LogP contribution < -0.4 is 4.90 Å². The maximum absolute atomic E-state index is 4.71. The molecule has 0 aliphatic heterocycles. The molecule has 90 valence electrons. The molecule has 2 nitrogen and oxygen atoms in total. The van der Waals surface area contributed by atoms with E-state index in [1.807, 2.05) is 14.1 Å². The number of hydrogen-bond donors (Lipinski definition) is 0. The summed E-state index contributed by atoms with van der Waals surface area (Å²) in [5.41, 5.74) is 2.52. The molecule has 0 fully saturated rings. The number of aryl methyl sites for hydroxylation is 1. The van der Waals surface area contributed by atoms with Gasteiger partial charge in [0.15, 0.2) is 0 Å². The predicted octanol–water partition coefficient (Wildman–Crippen LogP) is 3.61. The second-order valence-electron chi connectivity index (χ2n) is 5.35. The lowest BCUT2D eigenvalue weighted by Gasteiger charge is -2.18. The Kier molecular flexibility index (Phi) is 4.34. The van der Waals surface area contributed by atoms with Crippen molar-refractivity contribution in [1.29, 1.82) is 0 Å². The fraction of sp³-hybridized carbons (Fsp3) is 0.643. The molecule has 1 atom stereocenters. The predicted molar refractivity (Wildman–Crippen MR) is 71.2 cm³/mol. The maximum atomic E-state index is 4.71. The van der Waals surface area contributed by atoms with E-state index in [0.29, 0.717) is 5.92 Å². The Morgan fingerprint density at radius 1 is 1.19 bits per heavy atom. The molecule has 1 unspecified atom stereocenters. The molecule has 1 aromatic heterocycles. The second-order valence-corrected chi connectivity index (χ2v) is 5.35. The Hall–Kier alpha value is -1.05. The van der Waals surface area contributed by atoms with Gasteiger partial charge in [-0.25, -0.2) is 4.98 Å². The largest absolute Gasteiger partial charge is 0.363 e. The number of anilines is 1. The molecule has 0 radical (unpaired) electrons. The van der Waals surface area contributed by atoms with Crippen LogP contribution in [-0.4, -0.2) is 19.1 Å². The Balaban J connectivity index is 2.95.